The Morgan fingerprint density at radius 3 is 2.46 bits per heavy atom. The highest BCUT2D eigenvalue weighted by Gasteiger charge is 2.55. The van der Waals surface area contributed by atoms with Crippen molar-refractivity contribution in [3.05, 3.63) is 46.1 Å². The van der Waals surface area contributed by atoms with Crippen LogP contribution in [0.3, 0.4) is 0 Å². The molecule has 268 valence electrons. The molecule has 1 aromatic heterocycles. The Kier molecular flexibility index (Phi) is 10.3. The summed E-state index contributed by atoms with van der Waals surface area (Å²) in [5.74, 6) is -4.16. The number of quaternary nitrogens is 1. The Bertz CT molecular complexity index is 1780. The molecule has 0 saturated carbocycles. The van der Waals surface area contributed by atoms with Crippen LogP contribution in [0.2, 0.25) is 0 Å². The summed E-state index contributed by atoms with van der Waals surface area (Å²) < 4.78 is 5.60. The van der Waals surface area contributed by atoms with Crippen LogP contribution in [-0.4, -0.2) is 139 Å². The summed E-state index contributed by atoms with van der Waals surface area (Å²) in [7, 11) is 1.95. The molecule has 2 fully saturated rings. The third-order valence-electron chi connectivity index (χ3n) is 8.18. The number of likely N-dealkylation sites (N-methyl/N-ethyl adjacent to an activating group) is 1. The van der Waals surface area contributed by atoms with E-state index in [2.05, 4.69) is 15.5 Å². The number of esters is 1. The molecule has 2 aromatic rings. The van der Waals surface area contributed by atoms with Crippen LogP contribution in [0.15, 0.2) is 40.0 Å². The standard InChI is InChI=1S/C31H37N7O10S2/c1-31(2,3)48-21(41)13-47-35-22(18-15-50-30(32)33-18)25(42)34-23-27(44)37-24(29(45)46)17(14-49-28(23)37)12-38(4)9-7-36(8-10-38)26(43)16-5-6-19(39)20(40)11-16/h5-6,11,15,23,28H,7-10,12-14H2,1-4H3,(H5-,32,33,34,35,39,40,42,43,45,46)/p+1/t23-,28-/m1/s1. The van der Waals surface area contributed by atoms with E-state index in [0.717, 1.165) is 11.3 Å². The van der Waals surface area contributed by atoms with Crippen molar-refractivity contribution in [1.29, 1.82) is 0 Å². The van der Waals surface area contributed by atoms with Crippen LogP contribution < -0.4 is 11.1 Å². The lowest BCUT2D eigenvalue weighted by Gasteiger charge is -2.50. The minimum absolute atomic E-state index is 0.0579. The molecular weight excluding hydrogens is 695 g/mol. The lowest BCUT2D eigenvalue weighted by molar-refractivity contribution is -0.908. The van der Waals surface area contributed by atoms with Crippen molar-refractivity contribution in [2.45, 2.75) is 37.8 Å². The maximum Gasteiger partial charge on any atom is 0.352 e. The lowest BCUT2D eigenvalue weighted by Crippen LogP contribution is -2.71. The van der Waals surface area contributed by atoms with Crippen molar-refractivity contribution >= 4 is 63.6 Å². The van der Waals surface area contributed by atoms with Gasteiger partial charge in [0, 0.05) is 22.3 Å². The van der Waals surface area contributed by atoms with Crippen LogP contribution in [0.1, 0.15) is 36.8 Å². The summed E-state index contributed by atoms with van der Waals surface area (Å²) in [6.45, 7) is 6.53. The molecule has 19 heteroatoms. The minimum atomic E-state index is -1.27. The zero-order valence-corrected chi connectivity index (χ0v) is 29.4. The highest BCUT2D eigenvalue weighted by Crippen LogP contribution is 2.41. The van der Waals surface area contributed by atoms with Gasteiger partial charge in [-0.05, 0) is 39.0 Å². The van der Waals surface area contributed by atoms with E-state index in [0.29, 0.717) is 42.8 Å². The highest BCUT2D eigenvalue weighted by molar-refractivity contribution is 8.00. The molecule has 4 heterocycles. The van der Waals surface area contributed by atoms with E-state index in [-0.39, 0.29) is 51.0 Å². The number of nitrogens with two attached hydrogens (primary N) is 1. The van der Waals surface area contributed by atoms with E-state index in [4.69, 9.17) is 15.3 Å². The zero-order valence-electron chi connectivity index (χ0n) is 27.7. The molecule has 50 heavy (non-hydrogen) atoms. The predicted octanol–water partition coefficient (Wildman–Crippen LogP) is 0.540. The number of benzene rings is 1. The van der Waals surface area contributed by atoms with Gasteiger partial charge < -0.3 is 45.3 Å². The Morgan fingerprint density at radius 2 is 1.86 bits per heavy atom. The van der Waals surface area contributed by atoms with Gasteiger partial charge in [0.2, 0.25) is 6.61 Å². The molecular formula is C31H38N7O10S2+. The first-order valence-corrected chi connectivity index (χ1v) is 17.4. The molecule has 2 atom stereocenters. The maximum absolute atomic E-state index is 13.4. The average Bonchev–Trinajstić information content (AvgIpc) is 3.47. The van der Waals surface area contributed by atoms with Crippen LogP contribution in [0, 0.1) is 0 Å². The number of nitrogen functional groups attached to an aromatic ring is 1. The number of β-lactam (4-membered cyclic amide) rings is 1. The number of nitrogens with zero attached hydrogens (tertiary/aromatic N) is 5. The molecule has 3 aliphatic heterocycles. The van der Waals surface area contributed by atoms with Gasteiger partial charge in [0.25, 0.3) is 17.7 Å². The number of hydrogen-bond acceptors (Lipinski definition) is 14. The number of piperazine rings is 1. The van der Waals surface area contributed by atoms with E-state index in [9.17, 15) is 39.3 Å². The first-order chi connectivity index (χ1) is 23.5. The Morgan fingerprint density at radius 1 is 1.16 bits per heavy atom. The molecule has 0 aliphatic carbocycles. The van der Waals surface area contributed by atoms with Gasteiger partial charge in [0.05, 0.1) is 33.2 Å². The third-order valence-corrected chi connectivity index (χ3v) is 10.2. The summed E-state index contributed by atoms with van der Waals surface area (Å²) in [6, 6.07) is 2.82. The molecule has 2 saturated heterocycles. The van der Waals surface area contributed by atoms with Crippen molar-refractivity contribution in [2.24, 2.45) is 5.16 Å². The first kappa shape index (κ1) is 36.4. The lowest BCUT2D eigenvalue weighted by atomic mass is 10.0. The normalized spacial score (nSPS) is 20.5. The number of aromatic hydroxyl groups is 2. The molecule has 0 radical (unpaired) electrons. The second kappa shape index (κ2) is 14.2. The number of thiazole rings is 1. The molecule has 3 amide bonds. The average molecular weight is 733 g/mol. The van der Waals surface area contributed by atoms with Crippen LogP contribution in [0.4, 0.5) is 5.13 Å². The summed E-state index contributed by atoms with van der Waals surface area (Å²) in [5.41, 5.74) is 5.36. The van der Waals surface area contributed by atoms with Crippen LogP contribution in [0.25, 0.3) is 0 Å². The van der Waals surface area contributed by atoms with Gasteiger partial charge in [0.1, 0.15) is 35.0 Å². The van der Waals surface area contributed by atoms with Gasteiger partial charge in [0.15, 0.2) is 22.3 Å². The number of amides is 3. The monoisotopic (exact) mass is 732 g/mol. The Labute approximate surface area is 294 Å². The number of hydrogen-bond donors (Lipinski definition) is 5. The van der Waals surface area contributed by atoms with E-state index >= 15 is 0 Å². The van der Waals surface area contributed by atoms with E-state index in [1.54, 1.807) is 25.7 Å². The number of ether oxygens (including phenoxy) is 1. The number of aromatic nitrogens is 1. The van der Waals surface area contributed by atoms with Crippen LogP contribution in [0.5, 0.6) is 11.5 Å². The fourth-order valence-corrected chi connectivity index (χ4v) is 7.63. The van der Waals surface area contributed by atoms with E-state index < -0.39 is 47.4 Å². The number of phenols is 2. The van der Waals surface area contributed by atoms with Gasteiger partial charge >= 0.3 is 11.9 Å². The summed E-state index contributed by atoms with van der Waals surface area (Å²) in [4.78, 5) is 76.4. The second-order valence-corrected chi connectivity index (χ2v) is 15.2. The molecule has 0 unspecified atom stereocenters. The predicted molar refractivity (Wildman–Crippen MR) is 181 cm³/mol. The van der Waals surface area contributed by atoms with Crippen molar-refractivity contribution in [1.82, 2.24) is 20.1 Å². The quantitative estimate of drug-likeness (QED) is 0.0561. The van der Waals surface area contributed by atoms with Gasteiger partial charge in [-0.1, -0.05) is 5.16 Å². The number of thioether (sulfide) groups is 1. The fraction of sp³-hybridized carbons (Fsp3) is 0.452. The smallest absolute Gasteiger partial charge is 0.352 e. The molecule has 6 N–H and O–H groups in total. The van der Waals surface area contributed by atoms with Crippen LogP contribution in [-0.2, 0) is 28.8 Å². The fourth-order valence-electron chi connectivity index (χ4n) is 5.74. The number of rotatable bonds is 10. The number of anilines is 1. The van der Waals surface area contributed by atoms with Crippen molar-refractivity contribution in [3.63, 3.8) is 0 Å². The van der Waals surface area contributed by atoms with Gasteiger partial charge in [-0.2, -0.15) is 0 Å². The van der Waals surface area contributed by atoms with Gasteiger partial charge in [-0.3, -0.25) is 19.3 Å². The highest BCUT2D eigenvalue weighted by atomic mass is 32.2. The maximum atomic E-state index is 13.4. The Balaban J connectivity index is 1.25. The number of oxime groups is 1. The molecule has 3 aliphatic rings. The number of fused-ring (bicyclic) bond motifs is 1. The minimum Gasteiger partial charge on any atom is -0.504 e. The number of carboxylic acids is 1. The largest absolute Gasteiger partial charge is 0.504 e. The Hall–Kier alpha value is -4.88. The van der Waals surface area contributed by atoms with E-state index in [1.807, 2.05) is 7.05 Å². The number of carbonyl (C=O) groups is 5. The molecule has 1 aromatic carbocycles. The second-order valence-electron chi connectivity index (χ2n) is 13.2. The molecule has 17 nitrogen and oxygen atoms in total. The van der Waals surface area contributed by atoms with Crippen molar-refractivity contribution in [2.75, 3.05) is 57.9 Å². The van der Waals surface area contributed by atoms with Gasteiger partial charge in [-0.15, -0.1) is 23.1 Å². The number of carbonyl (C=O) groups excluding carboxylic acids is 4. The SMILES string of the molecule is CC(C)(C)OC(=O)CON=C(C(=O)N[C@@H]1C(=O)N2C(C(=O)O)=C(C[N+]3(C)CCN(C(=O)c4ccc(O)c(O)c4)CC3)CS[C@H]12)c1csc(N)n1. The summed E-state index contributed by atoms with van der Waals surface area (Å²) >= 11 is 2.36. The van der Waals surface area contributed by atoms with Crippen molar-refractivity contribution < 1.29 is 53.3 Å². The molecule has 0 bridgehead atoms. The number of aliphatic carboxylic acids is 1. The van der Waals surface area contributed by atoms with E-state index in [1.165, 1.54) is 40.2 Å². The topological polar surface area (TPSA) is 234 Å². The third kappa shape index (κ3) is 7.95. The first-order valence-electron chi connectivity index (χ1n) is 15.5. The number of carboxylic acid groups (broad SMARTS) is 1. The molecule has 5 rings (SSSR count). The van der Waals surface area contributed by atoms with Crippen molar-refractivity contribution in [3.8, 4) is 11.5 Å². The number of nitrogens with one attached hydrogen (secondary N) is 1. The zero-order chi connectivity index (χ0) is 36.5. The van der Waals surface area contributed by atoms with Gasteiger partial charge in [-0.25, -0.2) is 14.6 Å². The summed E-state index contributed by atoms with van der Waals surface area (Å²) in [5, 5.41) is 36.9. The summed E-state index contributed by atoms with van der Waals surface area (Å²) in [6.07, 6.45) is 0. The van der Waals surface area contributed by atoms with Crippen LogP contribution >= 0.6 is 23.1 Å². The molecule has 0 spiro atoms. The number of phenolic OH excluding ortho intramolecular Hbond substituents is 2.